The summed E-state index contributed by atoms with van der Waals surface area (Å²) in [5.74, 6) is -0.185. The minimum absolute atomic E-state index is 0.185. The molecular formula is C16H20N2O2. The van der Waals surface area contributed by atoms with E-state index in [-0.39, 0.29) is 5.97 Å². The lowest BCUT2D eigenvalue weighted by atomic mass is 10.2. The second-order valence-electron chi connectivity index (χ2n) is 4.60. The van der Waals surface area contributed by atoms with E-state index in [0.29, 0.717) is 19.7 Å². The van der Waals surface area contributed by atoms with Crippen LogP contribution in [0.25, 0.3) is 10.9 Å². The number of hydrogen-bond acceptors (Lipinski definition) is 4. The maximum atomic E-state index is 11.5. The summed E-state index contributed by atoms with van der Waals surface area (Å²) in [6.45, 7) is 6.01. The molecule has 4 heteroatoms. The Morgan fingerprint density at radius 3 is 2.75 bits per heavy atom. The van der Waals surface area contributed by atoms with Crippen LogP contribution in [0.3, 0.4) is 0 Å². The molecule has 0 aliphatic rings. The van der Waals surface area contributed by atoms with E-state index < -0.39 is 0 Å². The number of fused-ring (bicyclic) bond motifs is 1. The van der Waals surface area contributed by atoms with Crippen LogP contribution in [0.15, 0.2) is 36.4 Å². The van der Waals surface area contributed by atoms with Crippen LogP contribution in [0.4, 0.5) is 0 Å². The summed E-state index contributed by atoms with van der Waals surface area (Å²) in [6, 6.07) is 12.1. The molecule has 106 valence electrons. The van der Waals surface area contributed by atoms with Gasteiger partial charge in [0.15, 0.2) is 0 Å². The van der Waals surface area contributed by atoms with Crippen LogP contribution in [0.2, 0.25) is 0 Å². The average molecular weight is 272 g/mol. The third kappa shape index (κ3) is 3.78. The van der Waals surface area contributed by atoms with Crippen LogP contribution in [0.5, 0.6) is 0 Å². The monoisotopic (exact) mass is 272 g/mol. The Labute approximate surface area is 119 Å². The van der Waals surface area contributed by atoms with Crippen LogP contribution in [-0.4, -0.2) is 35.5 Å². The van der Waals surface area contributed by atoms with Crippen LogP contribution in [-0.2, 0) is 16.1 Å². The summed E-state index contributed by atoms with van der Waals surface area (Å²) in [5.41, 5.74) is 1.95. The number of nitrogens with zero attached hydrogens (tertiary/aromatic N) is 2. The largest absolute Gasteiger partial charge is 0.465 e. The molecule has 1 aromatic carbocycles. The van der Waals surface area contributed by atoms with Crippen molar-refractivity contribution in [2.24, 2.45) is 0 Å². The van der Waals surface area contributed by atoms with Gasteiger partial charge in [0.05, 0.1) is 24.4 Å². The first-order valence-corrected chi connectivity index (χ1v) is 6.95. The number of para-hydroxylation sites is 1. The molecule has 2 aromatic rings. The fourth-order valence-corrected chi connectivity index (χ4v) is 2.09. The van der Waals surface area contributed by atoms with Gasteiger partial charge in [-0.15, -0.1) is 0 Å². The predicted molar refractivity (Wildman–Crippen MR) is 79.3 cm³/mol. The Morgan fingerprint density at radius 2 is 2.00 bits per heavy atom. The number of pyridine rings is 1. The van der Waals surface area contributed by atoms with Crippen molar-refractivity contribution < 1.29 is 9.53 Å². The van der Waals surface area contributed by atoms with Crippen molar-refractivity contribution in [3.63, 3.8) is 0 Å². The fourth-order valence-electron chi connectivity index (χ4n) is 2.09. The summed E-state index contributed by atoms with van der Waals surface area (Å²) in [7, 11) is 0. The Morgan fingerprint density at radius 1 is 1.20 bits per heavy atom. The number of rotatable bonds is 6. The fraction of sp³-hybridized carbons (Fsp3) is 0.375. The molecule has 0 amide bonds. The molecular weight excluding hydrogens is 252 g/mol. The van der Waals surface area contributed by atoms with E-state index in [1.807, 2.05) is 49.1 Å². The average Bonchev–Trinajstić information content (AvgIpc) is 2.46. The molecule has 4 nitrogen and oxygen atoms in total. The molecule has 0 aliphatic heterocycles. The molecule has 0 unspecified atom stereocenters. The van der Waals surface area contributed by atoms with E-state index in [9.17, 15) is 4.79 Å². The molecule has 0 spiro atoms. The Kier molecular flexibility index (Phi) is 5.07. The van der Waals surface area contributed by atoms with Crippen LogP contribution >= 0.6 is 0 Å². The second kappa shape index (κ2) is 7.01. The van der Waals surface area contributed by atoms with Crippen LogP contribution < -0.4 is 0 Å². The third-order valence-corrected chi connectivity index (χ3v) is 3.15. The number of aromatic nitrogens is 1. The molecule has 1 heterocycles. The molecule has 0 atom stereocenters. The summed E-state index contributed by atoms with van der Waals surface area (Å²) in [5, 5.41) is 1.13. The van der Waals surface area contributed by atoms with E-state index in [1.165, 1.54) is 0 Å². The minimum atomic E-state index is -0.185. The zero-order valence-electron chi connectivity index (χ0n) is 12.0. The maximum Gasteiger partial charge on any atom is 0.320 e. The van der Waals surface area contributed by atoms with Gasteiger partial charge in [0, 0.05) is 11.9 Å². The van der Waals surface area contributed by atoms with Crippen molar-refractivity contribution in [3.05, 3.63) is 42.1 Å². The van der Waals surface area contributed by atoms with Crippen LogP contribution in [0, 0.1) is 0 Å². The first-order chi connectivity index (χ1) is 9.72. The highest BCUT2D eigenvalue weighted by molar-refractivity contribution is 5.78. The molecule has 2 rings (SSSR count). The molecule has 20 heavy (non-hydrogen) atoms. The summed E-state index contributed by atoms with van der Waals surface area (Å²) < 4.78 is 4.98. The van der Waals surface area contributed by atoms with E-state index in [1.54, 1.807) is 0 Å². The molecule has 0 aliphatic carbocycles. The number of carbonyl (C=O) groups is 1. The van der Waals surface area contributed by atoms with Crippen molar-refractivity contribution in [2.75, 3.05) is 19.7 Å². The zero-order valence-corrected chi connectivity index (χ0v) is 12.0. The van der Waals surface area contributed by atoms with Gasteiger partial charge >= 0.3 is 5.97 Å². The number of ether oxygens (including phenoxy) is 1. The summed E-state index contributed by atoms with van der Waals surface area (Å²) >= 11 is 0. The molecule has 1 aromatic heterocycles. The minimum Gasteiger partial charge on any atom is -0.465 e. The van der Waals surface area contributed by atoms with Gasteiger partial charge in [-0.05, 0) is 25.6 Å². The van der Waals surface area contributed by atoms with Gasteiger partial charge in [0.25, 0.3) is 0 Å². The lowest BCUT2D eigenvalue weighted by molar-refractivity contribution is -0.144. The van der Waals surface area contributed by atoms with Crippen molar-refractivity contribution in [3.8, 4) is 0 Å². The quantitative estimate of drug-likeness (QED) is 0.758. The number of esters is 1. The Bertz CT molecular complexity index is 583. The highest BCUT2D eigenvalue weighted by Gasteiger charge is 2.11. The number of hydrogen-bond donors (Lipinski definition) is 0. The van der Waals surface area contributed by atoms with Gasteiger partial charge in [-0.3, -0.25) is 14.7 Å². The van der Waals surface area contributed by atoms with Gasteiger partial charge in [0.1, 0.15) is 0 Å². The van der Waals surface area contributed by atoms with E-state index >= 15 is 0 Å². The predicted octanol–water partition coefficient (Wildman–Crippen LogP) is 2.62. The molecule has 0 bridgehead atoms. The van der Waals surface area contributed by atoms with Crippen molar-refractivity contribution in [1.29, 1.82) is 0 Å². The SMILES string of the molecule is CCOC(=O)CN(CC)Cc1ccc2ccccc2n1. The smallest absolute Gasteiger partial charge is 0.320 e. The first kappa shape index (κ1) is 14.5. The maximum absolute atomic E-state index is 11.5. The Balaban J connectivity index is 2.07. The normalized spacial score (nSPS) is 10.9. The summed E-state index contributed by atoms with van der Waals surface area (Å²) in [4.78, 5) is 18.2. The topological polar surface area (TPSA) is 42.4 Å². The van der Waals surface area contributed by atoms with Gasteiger partial charge in [-0.25, -0.2) is 0 Å². The summed E-state index contributed by atoms with van der Waals surface area (Å²) in [6.07, 6.45) is 0. The van der Waals surface area contributed by atoms with Gasteiger partial charge in [-0.1, -0.05) is 31.2 Å². The molecule has 0 saturated heterocycles. The van der Waals surface area contributed by atoms with Gasteiger partial charge < -0.3 is 4.74 Å². The van der Waals surface area contributed by atoms with Gasteiger partial charge in [-0.2, -0.15) is 0 Å². The van der Waals surface area contributed by atoms with Crippen molar-refractivity contribution in [2.45, 2.75) is 20.4 Å². The van der Waals surface area contributed by atoms with Crippen molar-refractivity contribution in [1.82, 2.24) is 9.88 Å². The van der Waals surface area contributed by atoms with E-state index in [4.69, 9.17) is 4.74 Å². The first-order valence-electron chi connectivity index (χ1n) is 6.95. The molecule has 0 N–H and O–H groups in total. The lowest BCUT2D eigenvalue weighted by Crippen LogP contribution is -2.30. The molecule has 0 saturated carbocycles. The molecule has 0 radical (unpaired) electrons. The standard InChI is InChI=1S/C16H20N2O2/c1-3-18(12-16(19)20-4-2)11-14-10-9-13-7-5-6-8-15(13)17-14/h5-10H,3-4,11-12H2,1-2H3. The Hall–Kier alpha value is -1.94. The number of likely N-dealkylation sites (N-methyl/N-ethyl adjacent to an activating group) is 1. The third-order valence-electron chi connectivity index (χ3n) is 3.15. The molecule has 0 fully saturated rings. The highest BCUT2D eigenvalue weighted by atomic mass is 16.5. The zero-order chi connectivity index (χ0) is 14.4. The van der Waals surface area contributed by atoms with E-state index in [0.717, 1.165) is 23.1 Å². The van der Waals surface area contributed by atoms with E-state index in [2.05, 4.69) is 11.1 Å². The van der Waals surface area contributed by atoms with Crippen molar-refractivity contribution >= 4 is 16.9 Å². The number of carbonyl (C=O) groups excluding carboxylic acids is 1. The van der Waals surface area contributed by atoms with Gasteiger partial charge in [0.2, 0.25) is 0 Å². The number of benzene rings is 1. The highest BCUT2D eigenvalue weighted by Crippen LogP contribution is 2.13. The lowest BCUT2D eigenvalue weighted by Gasteiger charge is -2.18. The second-order valence-corrected chi connectivity index (χ2v) is 4.60. The van der Waals surface area contributed by atoms with Crippen LogP contribution in [0.1, 0.15) is 19.5 Å².